The predicted molar refractivity (Wildman–Crippen MR) is 144 cm³/mol. The van der Waals surface area contributed by atoms with Gasteiger partial charge in [-0.25, -0.2) is 0 Å². The highest BCUT2D eigenvalue weighted by Crippen LogP contribution is 2.41. The molecule has 6 nitrogen and oxygen atoms in total. The molecule has 1 atom stereocenters. The van der Waals surface area contributed by atoms with Gasteiger partial charge in [0.05, 0.1) is 21.7 Å². The van der Waals surface area contributed by atoms with Crippen molar-refractivity contribution in [2.24, 2.45) is 0 Å². The molecule has 0 saturated carbocycles. The Bertz CT molecular complexity index is 1340. The molecule has 8 heteroatoms. The monoisotopic (exact) mass is 539 g/mol. The first-order valence-corrected chi connectivity index (χ1v) is 12.6. The van der Waals surface area contributed by atoms with Crippen LogP contribution in [-0.4, -0.2) is 42.0 Å². The van der Waals surface area contributed by atoms with E-state index in [-0.39, 0.29) is 22.9 Å². The van der Waals surface area contributed by atoms with E-state index in [0.29, 0.717) is 41.5 Å². The lowest BCUT2D eigenvalue weighted by molar-refractivity contribution is -0.140. The van der Waals surface area contributed by atoms with Gasteiger partial charge in [-0.2, -0.15) is 0 Å². The van der Waals surface area contributed by atoms with E-state index in [2.05, 4.69) is 6.07 Å². The largest absolute Gasteiger partial charge is 0.507 e. The van der Waals surface area contributed by atoms with E-state index in [4.69, 9.17) is 32.7 Å². The smallest absolute Gasteiger partial charge is 0.295 e. The van der Waals surface area contributed by atoms with Crippen molar-refractivity contribution in [1.82, 2.24) is 4.90 Å². The highest BCUT2D eigenvalue weighted by atomic mass is 35.5. The number of amides is 1. The van der Waals surface area contributed by atoms with Crippen LogP contribution in [0.15, 0.2) is 72.3 Å². The molecule has 0 radical (unpaired) electrons. The molecule has 0 bridgehead atoms. The molecule has 3 aromatic rings. The number of methoxy groups -OCH3 is 1. The van der Waals surface area contributed by atoms with Crippen molar-refractivity contribution in [2.45, 2.75) is 26.0 Å². The van der Waals surface area contributed by atoms with Crippen LogP contribution < -0.4 is 4.74 Å². The van der Waals surface area contributed by atoms with Gasteiger partial charge in [-0.3, -0.25) is 9.59 Å². The molecule has 0 unspecified atom stereocenters. The summed E-state index contributed by atoms with van der Waals surface area (Å²) in [5, 5.41) is 11.9. The van der Waals surface area contributed by atoms with Crippen LogP contribution in [0.25, 0.3) is 5.76 Å². The second kappa shape index (κ2) is 11.8. The third-order valence-electron chi connectivity index (χ3n) is 6.16. The first-order valence-electron chi connectivity index (χ1n) is 11.8. The molecule has 1 aliphatic rings. The normalized spacial score (nSPS) is 16.9. The Morgan fingerprint density at radius 2 is 1.76 bits per heavy atom. The van der Waals surface area contributed by atoms with Crippen LogP contribution in [-0.2, 0) is 20.9 Å². The summed E-state index contributed by atoms with van der Waals surface area (Å²) in [6, 6.07) is 18.9. The minimum atomic E-state index is -0.816. The van der Waals surface area contributed by atoms with Gasteiger partial charge < -0.3 is 19.5 Å². The van der Waals surface area contributed by atoms with Gasteiger partial charge in [0.25, 0.3) is 11.7 Å². The number of nitrogens with zero attached hydrogens (tertiary/aromatic N) is 1. The van der Waals surface area contributed by atoms with Gasteiger partial charge >= 0.3 is 0 Å². The molecule has 192 valence electrons. The standard InChI is InChI=1S/C29H27Cl2NO5/c1-18-5-3-6-19(15-18)17-37-22-10-7-20(8-11-22)27(33)25-26(21-9-12-23(30)24(31)16-21)32(13-4-14-36-2)29(35)28(25)34/h3,5-12,15-16,26,33H,4,13-14,17H2,1-2H3/t26-/m1/s1. The first-order chi connectivity index (χ1) is 17.8. The number of rotatable bonds is 9. The van der Waals surface area contributed by atoms with Gasteiger partial charge in [0.15, 0.2) is 0 Å². The molecule has 37 heavy (non-hydrogen) atoms. The molecular weight excluding hydrogens is 513 g/mol. The SMILES string of the molecule is COCCCN1C(=O)C(=O)C(=C(O)c2ccc(OCc3cccc(C)c3)cc2)[C@H]1c1ccc(Cl)c(Cl)c1. The zero-order chi connectivity index (χ0) is 26.5. The lowest BCUT2D eigenvalue weighted by atomic mass is 9.95. The van der Waals surface area contributed by atoms with E-state index in [1.807, 2.05) is 25.1 Å². The number of carbonyl (C=O) groups excluding carboxylic acids is 2. The van der Waals surface area contributed by atoms with Crippen LogP contribution in [0.3, 0.4) is 0 Å². The van der Waals surface area contributed by atoms with Gasteiger partial charge in [-0.05, 0) is 60.9 Å². The fraction of sp³-hybridized carbons (Fsp3) is 0.241. The van der Waals surface area contributed by atoms with Crippen molar-refractivity contribution in [1.29, 1.82) is 0 Å². The summed E-state index contributed by atoms with van der Waals surface area (Å²) in [6.45, 7) is 3.11. The molecule has 0 spiro atoms. The zero-order valence-corrected chi connectivity index (χ0v) is 22.1. The van der Waals surface area contributed by atoms with E-state index in [0.717, 1.165) is 11.1 Å². The topological polar surface area (TPSA) is 76.1 Å². The van der Waals surface area contributed by atoms with Crippen molar-refractivity contribution in [2.75, 3.05) is 20.3 Å². The molecule has 1 amide bonds. The van der Waals surface area contributed by atoms with Crippen LogP contribution in [0.1, 0.15) is 34.7 Å². The van der Waals surface area contributed by atoms with Gasteiger partial charge in [-0.15, -0.1) is 0 Å². The molecule has 1 saturated heterocycles. The van der Waals surface area contributed by atoms with Crippen LogP contribution in [0, 0.1) is 6.92 Å². The van der Waals surface area contributed by atoms with E-state index in [1.54, 1.807) is 49.6 Å². The average molecular weight is 540 g/mol. The maximum Gasteiger partial charge on any atom is 0.295 e. The Balaban J connectivity index is 1.65. The van der Waals surface area contributed by atoms with Gasteiger partial charge in [0.2, 0.25) is 0 Å². The van der Waals surface area contributed by atoms with Crippen molar-refractivity contribution < 1.29 is 24.2 Å². The fourth-order valence-electron chi connectivity index (χ4n) is 4.35. The van der Waals surface area contributed by atoms with Crippen molar-refractivity contribution in [3.63, 3.8) is 0 Å². The van der Waals surface area contributed by atoms with Gasteiger partial charge in [0.1, 0.15) is 18.1 Å². The number of aliphatic hydroxyl groups excluding tert-OH is 1. The van der Waals surface area contributed by atoms with Crippen molar-refractivity contribution >= 4 is 40.7 Å². The molecule has 1 heterocycles. The number of aryl methyl sites for hydroxylation is 1. The fourth-order valence-corrected chi connectivity index (χ4v) is 4.66. The Hall–Kier alpha value is -3.32. The maximum atomic E-state index is 13.1. The first kappa shape index (κ1) is 26.7. The second-order valence-corrected chi connectivity index (χ2v) is 9.63. The van der Waals surface area contributed by atoms with Gasteiger partial charge in [-0.1, -0.05) is 59.1 Å². The second-order valence-electron chi connectivity index (χ2n) is 8.81. The summed E-state index contributed by atoms with van der Waals surface area (Å²) >= 11 is 12.3. The number of aliphatic hydroxyl groups is 1. The minimum absolute atomic E-state index is 0.00534. The molecule has 1 N–H and O–H groups in total. The number of benzene rings is 3. The molecule has 4 rings (SSSR count). The van der Waals surface area contributed by atoms with Crippen LogP contribution in [0.2, 0.25) is 10.0 Å². The molecule has 0 aliphatic carbocycles. The summed E-state index contributed by atoms with van der Waals surface area (Å²) in [5.74, 6) is -1.11. The maximum absolute atomic E-state index is 13.1. The van der Waals surface area contributed by atoms with E-state index >= 15 is 0 Å². The summed E-state index contributed by atoms with van der Waals surface area (Å²) in [6.07, 6.45) is 0.522. The summed E-state index contributed by atoms with van der Waals surface area (Å²) in [7, 11) is 1.57. The number of hydrogen-bond acceptors (Lipinski definition) is 5. The number of halogens is 2. The summed E-state index contributed by atoms with van der Waals surface area (Å²) < 4.78 is 11.0. The Morgan fingerprint density at radius 1 is 1.00 bits per heavy atom. The minimum Gasteiger partial charge on any atom is -0.507 e. The van der Waals surface area contributed by atoms with Crippen LogP contribution in [0.5, 0.6) is 5.75 Å². The quantitative estimate of drug-likeness (QED) is 0.148. The number of ether oxygens (including phenoxy) is 2. The number of Topliss-reactive ketones (excluding diaryl/α,β-unsaturated/α-hetero) is 1. The highest BCUT2D eigenvalue weighted by molar-refractivity contribution is 6.46. The van der Waals surface area contributed by atoms with Crippen LogP contribution >= 0.6 is 23.2 Å². The summed E-state index contributed by atoms with van der Waals surface area (Å²) in [4.78, 5) is 27.6. The third kappa shape index (κ3) is 5.99. The zero-order valence-electron chi connectivity index (χ0n) is 20.5. The Kier molecular flexibility index (Phi) is 8.54. The molecular formula is C29H27Cl2NO5. The Morgan fingerprint density at radius 3 is 2.43 bits per heavy atom. The molecule has 1 fully saturated rings. The number of ketones is 1. The van der Waals surface area contributed by atoms with Gasteiger partial charge in [0, 0.05) is 25.8 Å². The molecule has 1 aliphatic heterocycles. The van der Waals surface area contributed by atoms with E-state index in [9.17, 15) is 14.7 Å². The van der Waals surface area contributed by atoms with Crippen molar-refractivity contribution in [3.05, 3.63) is 105 Å². The lowest BCUT2D eigenvalue weighted by Crippen LogP contribution is -2.31. The predicted octanol–water partition coefficient (Wildman–Crippen LogP) is 6.34. The number of hydrogen-bond donors (Lipinski definition) is 1. The average Bonchev–Trinajstić information content (AvgIpc) is 3.14. The third-order valence-corrected chi connectivity index (χ3v) is 6.90. The lowest BCUT2D eigenvalue weighted by Gasteiger charge is -2.25. The molecule has 3 aromatic carbocycles. The van der Waals surface area contributed by atoms with E-state index in [1.165, 1.54) is 4.90 Å². The molecule has 0 aromatic heterocycles. The number of likely N-dealkylation sites (tertiary alicyclic amines) is 1. The summed E-state index contributed by atoms with van der Waals surface area (Å²) in [5.41, 5.74) is 3.15. The van der Waals surface area contributed by atoms with E-state index < -0.39 is 17.7 Å². The van der Waals surface area contributed by atoms with Crippen molar-refractivity contribution in [3.8, 4) is 5.75 Å². The Labute approximate surface area is 226 Å². The highest BCUT2D eigenvalue weighted by Gasteiger charge is 2.45. The number of carbonyl (C=O) groups is 2. The van der Waals surface area contributed by atoms with Crippen LogP contribution in [0.4, 0.5) is 0 Å².